The Morgan fingerprint density at radius 3 is 2.73 bits per heavy atom. The third-order valence-electron chi connectivity index (χ3n) is 1.65. The number of methoxy groups -OCH3 is 1. The van der Waals surface area contributed by atoms with Gasteiger partial charge in [-0.1, -0.05) is 0 Å². The van der Waals surface area contributed by atoms with Crippen LogP contribution < -0.4 is 5.14 Å². The van der Waals surface area contributed by atoms with Gasteiger partial charge in [-0.15, -0.1) is 0 Å². The molecule has 8 heteroatoms. The number of carbonyl (C=O) groups is 1. The van der Waals surface area contributed by atoms with Crippen molar-refractivity contribution in [2.24, 2.45) is 12.2 Å². The van der Waals surface area contributed by atoms with Crippen LogP contribution in [0.5, 0.6) is 0 Å². The number of esters is 1. The van der Waals surface area contributed by atoms with Crippen molar-refractivity contribution in [1.82, 2.24) is 9.78 Å². The first-order valence-corrected chi connectivity index (χ1v) is 5.66. The zero-order chi connectivity index (χ0) is 11.6. The van der Waals surface area contributed by atoms with Crippen molar-refractivity contribution in [1.29, 1.82) is 0 Å². The van der Waals surface area contributed by atoms with Crippen LogP contribution in [0.2, 0.25) is 0 Å². The van der Waals surface area contributed by atoms with Crippen molar-refractivity contribution in [2.75, 3.05) is 7.11 Å². The largest absolute Gasteiger partial charge is 0.465 e. The molecule has 0 aromatic carbocycles. The van der Waals surface area contributed by atoms with Gasteiger partial charge in [0.15, 0.2) is 0 Å². The normalized spacial score (nSPS) is 11.4. The zero-order valence-electron chi connectivity index (χ0n) is 8.30. The Bertz CT molecular complexity index is 476. The van der Waals surface area contributed by atoms with E-state index in [1.54, 1.807) is 7.05 Å². The minimum absolute atomic E-state index is 0.0897. The second kappa shape index (κ2) is 3.99. The van der Waals surface area contributed by atoms with Gasteiger partial charge in [-0.3, -0.25) is 4.68 Å². The first-order valence-electron chi connectivity index (χ1n) is 3.95. The third kappa shape index (κ3) is 3.03. The number of carbonyl (C=O) groups excluding carboxylic acids is 1. The molecule has 0 aliphatic carbocycles. The van der Waals surface area contributed by atoms with Crippen LogP contribution >= 0.6 is 0 Å². The minimum atomic E-state index is -3.71. The maximum atomic E-state index is 11.2. The first-order chi connectivity index (χ1) is 6.83. The molecule has 1 heterocycles. The van der Waals surface area contributed by atoms with Gasteiger partial charge in [-0.25, -0.2) is 18.4 Å². The summed E-state index contributed by atoms with van der Waals surface area (Å²) in [7, 11) is -0.939. The molecule has 0 fully saturated rings. The Kier molecular flexibility index (Phi) is 3.10. The molecule has 0 unspecified atom stereocenters. The number of aromatic nitrogens is 2. The number of nitrogens with zero attached hydrogens (tertiary/aromatic N) is 2. The standard InChI is InChI=1S/C7H11N3O4S/c1-10-3-5(7(11)14-2)6(9-10)4-15(8,12)13/h3H,4H2,1-2H3,(H2,8,12,13). The van der Waals surface area contributed by atoms with Crippen molar-refractivity contribution in [3.8, 4) is 0 Å². The van der Waals surface area contributed by atoms with Gasteiger partial charge >= 0.3 is 5.97 Å². The number of ether oxygens (including phenoxy) is 1. The van der Waals surface area contributed by atoms with E-state index in [-0.39, 0.29) is 11.3 Å². The van der Waals surface area contributed by atoms with Gasteiger partial charge in [0.2, 0.25) is 10.0 Å². The molecule has 0 saturated carbocycles. The van der Waals surface area contributed by atoms with Crippen LogP contribution in [0.1, 0.15) is 16.1 Å². The quantitative estimate of drug-likeness (QED) is 0.674. The van der Waals surface area contributed by atoms with Crippen LogP contribution in [-0.2, 0) is 27.6 Å². The summed E-state index contributed by atoms with van der Waals surface area (Å²) in [6, 6.07) is 0. The van der Waals surface area contributed by atoms with Crippen molar-refractivity contribution < 1.29 is 17.9 Å². The number of hydrogen-bond donors (Lipinski definition) is 1. The Morgan fingerprint density at radius 1 is 1.67 bits per heavy atom. The Balaban J connectivity index is 3.12. The SMILES string of the molecule is COC(=O)c1cn(C)nc1CS(N)(=O)=O. The van der Waals surface area contributed by atoms with E-state index in [1.165, 1.54) is 18.0 Å². The first kappa shape index (κ1) is 11.7. The Morgan fingerprint density at radius 2 is 2.27 bits per heavy atom. The van der Waals surface area contributed by atoms with Crippen LogP contribution in [-0.4, -0.2) is 31.3 Å². The maximum absolute atomic E-state index is 11.2. The highest BCUT2D eigenvalue weighted by molar-refractivity contribution is 7.88. The number of nitrogens with two attached hydrogens (primary N) is 1. The smallest absolute Gasteiger partial charge is 0.341 e. The lowest BCUT2D eigenvalue weighted by Crippen LogP contribution is -2.17. The summed E-state index contributed by atoms with van der Waals surface area (Å²) >= 11 is 0. The number of aryl methyl sites for hydroxylation is 1. The second-order valence-corrected chi connectivity index (χ2v) is 4.58. The lowest BCUT2D eigenvalue weighted by molar-refractivity contribution is 0.0600. The highest BCUT2D eigenvalue weighted by Crippen LogP contribution is 2.10. The monoisotopic (exact) mass is 233 g/mol. The summed E-state index contributed by atoms with van der Waals surface area (Å²) in [5.74, 6) is -1.13. The fourth-order valence-electron chi connectivity index (χ4n) is 1.11. The Labute approximate surface area is 86.9 Å². The molecular weight excluding hydrogens is 222 g/mol. The fourth-order valence-corrected chi connectivity index (χ4v) is 1.71. The zero-order valence-corrected chi connectivity index (χ0v) is 9.11. The number of sulfonamides is 1. The van der Waals surface area contributed by atoms with Gasteiger partial charge < -0.3 is 4.74 Å². The van der Waals surface area contributed by atoms with Crippen molar-refractivity contribution in [3.63, 3.8) is 0 Å². The second-order valence-electron chi connectivity index (χ2n) is 2.96. The molecule has 0 radical (unpaired) electrons. The van der Waals surface area contributed by atoms with Crippen LogP contribution in [0.4, 0.5) is 0 Å². The predicted molar refractivity (Wildman–Crippen MR) is 51.4 cm³/mol. The molecule has 0 spiro atoms. The highest BCUT2D eigenvalue weighted by atomic mass is 32.2. The summed E-state index contributed by atoms with van der Waals surface area (Å²) in [4.78, 5) is 11.2. The van der Waals surface area contributed by atoms with Crippen LogP contribution in [0, 0.1) is 0 Å². The average Bonchev–Trinajstić information content (AvgIpc) is 2.42. The molecule has 0 aliphatic rings. The molecule has 1 rings (SSSR count). The lowest BCUT2D eigenvalue weighted by atomic mass is 10.3. The molecule has 0 aliphatic heterocycles. The molecular formula is C7H11N3O4S. The van der Waals surface area contributed by atoms with Crippen molar-refractivity contribution in [2.45, 2.75) is 5.75 Å². The van der Waals surface area contributed by atoms with E-state index in [0.717, 1.165) is 0 Å². The molecule has 1 aromatic rings. The van der Waals surface area contributed by atoms with E-state index >= 15 is 0 Å². The van der Waals surface area contributed by atoms with E-state index in [0.29, 0.717) is 0 Å². The number of primary sulfonamides is 1. The van der Waals surface area contributed by atoms with Crippen LogP contribution in [0.3, 0.4) is 0 Å². The molecule has 1 aromatic heterocycles. The van der Waals surface area contributed by atoms with Crippen LogP contribution in [0.15, 0.2) is 6.20 Å². The van der Waals surface area contributed by atoms with Gasteiger partial charge in [0.05, 0.1) is 12.8 Å². The Hall–Kier alpha value is -1.41. The number of hydrogen-bond acceptors (Lipinski definition) is 5. The highest BCUT2D eigenvalue weighted by Gasteiger charge is 2.19. The van der Waals surface area contributed by atoms with E-state index in [2.05, 4.69) is 9.84 Å². The van der Waals surface area contributed by atoms with Gasteiger partial charge in [-0.2, -0.15) is 5.10 Å². The van der Waals surface area contributed by atoms with Crippen molar-refractivity contribution in [3.05, 3.63) is 17.5 Å². The molecule has 2 N–H and O–H groups in total. The molecule has 0 bridgehead atoms. The van der Waals surface area contributed by atoms with Gasteiger partial charge in [0, 0.05) is 13.2 Å². The van der Waals surface area contributed by atoms with E-state index < -0.39 is 21.7 Å². The molecule has 7 nitrogen and oxygen atoms in total. The van der Waals surface area contributed by atoms with Crippen molar-refractivity contribution >= 4 is 16.0 Å². The van der Waals surface area contributed by atoms with E-state index in [4.69, 9.17) is 5.14 Å². The summed E-state index contributed by atoms with van der Waals surface area (Å²) in [6.07, 6.45) is 1.38. The van der Waals surface area contributed by atoms with Gasteiger partial charge in [0.25, 0.3) is 0 Å². The molecule has 84 valence electrons. The lowest BCUT2D eigenvalue weighted by Gasteiger charge is -1.98. The van der Waals surface area contributed by atoms with Crippen LogP contribution in [0.25, 0.3) is 0 Å². The van der Waals surface area contributed by atoms with E-state index in [9.17, 15) is 13.2 Å². The van der Waals surface area contributed by atoms with Gasteiger partial charge in [-0.05, 0) is 0 Å². The topological polar surface area (TPSA) is 104 Å². The fraction of sp³-hybridized carbons (Fsp3) is 0.429. The summed E-state index contributed by atoms with van der Waals surface area (Å²) in [5.41, 5.74) is 0.195. The minimum Gasteiger partial charge on any atom is -0.465 e. The summed E-state index contributed by atoms with van der Waals surface area (Å²) < 4.78 is 27.5. The molecule has 15 heavy (non-hydrogen) atoms. The molecule has 0 atom stereocenters. The summed E-state index contributed by atoms with van der Waals surface area (Å²) in [6.45, 7) is 0. The average molecular weight is 233 g/mol. The predicted octanol–water partition coefficient (Wildman–Crippen LogP) is -1.00. The molecule has 0 saturated heterocycles. The number of rotatable bonds is 3. The molecule has 0 amide bonds. The summed E-state index contributed by atoms with van der Waals surface area (Å²) in [5, 5.41) is 8.68. The van der Waals surface area contributed by atoms with Gasteiger partial charge in [0.1, 0.15) is 11.3 Å². The van der Waals surface area contributed by atoms with E-state index in [1.807, 2.05) is 0 Å². The third-order valence-corrected chi connectivity index (χ3v) is 2.32. The maximum Gasteiger partial charge on any atom is 0.341 e.